The van der Waals surface area contributed by atoms with Crippen LogP contribution in [0.2, 0.25) is 0 Å². The minimum Gasteiger partial charge on any atom is -0.494 e. The number of carbonyl (C=O) groups is 1. The third-order valence-electron chi connectivity index (χ3n) is 3.14. The highest BCUT2D eigenvalue weighted by molar-refractivity contribution is 7.99. The Kier molecular flexibility index (Phi) is 4.89. The lowest BCUT2D eigenvalue weighted by molar-refractivity contribution is -0.384. The molecule has 1 aliphatic rings. The molecule has 7 nitrogen and oxygen atoms in total. The number of carboxylic acid groups (broad SMARTS) is 1. The van der Waals surface area contributed by atoms with Gasteiger partial charge in [-0.25, -0.2) is 4.79 Å². The van der Waals surface area contributed by atoms with Gasteiger partial charge in [-0.05, 0) is 6.92 Å². The predicted molar refractivity (Wildman–Crippen MR) is 80.4 cm³/mol. The number of thioether (sulfide) groups is 1. The molecule has 1 unspecified atom stereocenters. The Labute approximate surface area is 126 Å². The maximum atomic E-state index is 11.3. The van der Waals surface area contributed by atoms with E-state index in [4.69, 9.17) is 4.74 Å². The summed E-state index contributed by atoms with van der Waals surface area (Å²) in [5.41, 5.74) is 0.415. The Balaban J connectivity index is 2.40. The van der Waals surface area contributed by atoms with Gasteiger partial charge in [-0.2, -0.15) is 11.8 Å². The molecule has 1 N–H and O–H groups in total. The largest absolute Gasteiger partial charge is 0.494 e. The van der Waals surface area contributed by atoms with E-state index < -0.39 is 16.9 Å². The summed E-state index contributed by atoms with van der Waals surface area (Å²) in [4.78, 5) is 23.6. The molecule has 0 aromatic heterocycles. The molecule has 1 aromatic carbocycles. The van der Waals surface area contributed by atoms with Crippen LogP contribution in [0.1, 0.15) is 6.92 Å². The lowest BCUT2D eigenvalue weighted by Gasteiger charge is -2.34. The second-order valence-corrected chi connectivity index (χ2v) is 5.65. The van der Waals surface area contributed by atoms with Crippen molar-refractivity contribution in [3.63, 3.8) is 0 Å². The highest BCUT2D eigenvalue weighted by Gasteiger charge is 2.30. The van der Waals surface area contributed by atoms with Crippen molar-refractivity contribution in [2.75, 3.05) is 29.6 Å². The fraction of sp³-hybridized carbons (Fsp3) is 0.462. The van der Waals surface area contributed by atoms with Crippen LogP contribution in [0.4, 0.5) is 11.4 Å². The topological polar surface area (TPSA) is 92.9 Å². The molecule has 21 heavy (non-hydrogen) atoms. The molecule has 0 aliphatic carbocycles. The maximum Gasteiger partial charge on any atom is 0.327 e. The summed E-state index contributed by atoms with van der Waals surface area (Å²) in [5.74, 6) is 0.703. The van der Waals surface area contributed by atoms with Crippen LogP contribution in [0, 0.1) is 10.1 Å². The number of nitrogens with zero attached hydrogens (tertiary/aromatic N) is 2. The molecule has 0 saturated carbocycles. The minimum atomic E-state index is -0.924. The predicted octanol–water partition coefficient (Wildman–Crippen LogP) is 2.00. The van der Waals surface area contributed by atoms with Gasteiger partial charge in [-0.15, -0.1) is 0 Å². The number of nitro groups is 1. The molecule has 1 saturated heterocycles. The summed E-state index contributed by atoms with van der Waals surface area (Å²) in [6, 6.07) is 3.72. The molecular formula is C13H16N2O5S. The third-order valence-corrected chi connectivity index (χ3v) is 4.17. The average molecular weight is 312 g/mol. The Morgan fingerprint density at radius 2 is 2.33 bits per heavy atom. The van der Waals surface area contributed by atoms with Crippen LogP contribution in [0.25, 0.3) is 0 Å². The molecule has 1 aromatic rings. The van der Waals surface area contributed by atoms with Crippen LogP contribution in [0.15, 0.2) is 18.2 Å². The molecule has 8 heteroatoms. The van der Waals surface area contributed by atoms with Gasteiger partial charge in [0.2, 0.25) is 0 Å². The van der Waals surface area contributed by atoms with Crippen molar-refractivity contribution in [2.24, 2.45) is 0 Å². The number of carboxylic acids is 1. The Bertz CT molecular complexity index is 551. The van der Waals surface area contributed by atoms with Crippen molar-refractivity contribution in [1.82, 2.24) is 0 Å². The van der Waals surface area contributed by atoms with Crippen LogP contribution < -0.4 is 9.64 Å². The Morgan fingerprint density at radius 1 is 1.57 bits per heavy atom. The number of non-ortho nitro benzene ring substituents is 1. The first kappa shape index (κ1) is 15.4. The monoisotopic (exact) mass is 312 g/mol. The lowest BCUT2D eigenvalue weighted by Crippen LogP contribution is -2.47. The first-order valence-electron chi connectivity index (χ1n) is 6.52. The molecule has 1 heterocycles. The molecule has 2 rings (SSSR count). The second-order valence-electron chi connectivity index (χ2n) is 4.50. The summed E-state index contributed by atoms with van der Waals surface area (Å²) >= 11 is 1.57. The average Bonchev–Trinajstić information content (AvgIpc) is 2.47. The number of hydrogen-bond donors (Lipinski definition) is 1. The van der Waals surface area contributed by atoms with Crippen molar-refractivity contribution in [2.45, 2.75) is 13.0 Å². The van der Waals surface area contributed by atoms with Gasteiger partial charge >= 0.3 is 5.97 Å². The van der Waals surface area contributed by atoms with E-state index in [0.717, 1.165) is 5.75 Å². The van der Waals surface area contributed by atoms with Crippen molar-refractivity contribution in [3.05, 3.63) is 28.3 Å². The van der Waals surface area contributed by atoms with Gasteiger partial charge in [0, 0.05) is 35.9 Å². The van der Waals surface area contributed by atoms with Gasteiger partial charge in [-0.1, -0.05) is 0 Å². The molecule has 1 atom stereocenters. The normalized spacial score (nSPS) is 18.3. The van der Waals surface area contributed by atoms with E-state index >= 15 is 0 Å². The summed E-state index contributed by atoms with van der Waals surface area (Å²) in [5, 5.41) is 20.3. The lowest BCUT2D eigenvalue weighted by atomic mass is 10.2. The zero-order valence-corrected chi connectivity index (χ0v) is 12.3. The van der Waals surface area contributed by atoms with Gasteiger partial charge in [0.15, 0.2) is 0 Å². The molecule has 0 spiro atoms. The van der Waals surface area contributed by atoms with E-state index in [1.54, 1.807) is 29.7 Å². The molecule has 1 aliphatic heterocycles. The quantitative estimate of drug-likeness (QED) is 0.656. The van der Waals surface area contributed by atoms with Crippen LogP contribution in [-0.4, -0.2) is 46.7 Å². The molecule has 0 bridgehead atoms. The van der Waals surface area contributed by atoms with E-state index in [2.05, 4.69) is 0 Å². The number of aliphatic carboxylic acids is 1. The molecule has 114 valence electrons. The number of rotatable bonds is 5. The zero-order chi connectivity index (χ0) is 15.4. The first-order valence-corrected chi connectivity index (χ1v) is 7.68. The number of anilines is 1. The fourth-order valence-corrected chi connectivity index (χ4v) is 3.24. The van der Waals surface area contributed by atoms with Crippen LogP contribution in [-0.2, 0) is 4.79 Å². The minimum absolute atomic E-state index is 0.0988. The third kappa shape index (κ3) is 3.57. The summed E-state index contributed by atoms with van der Waals surface area (Å²) in [6.07, 6.45) is 0. The van der Waals surface area contributed by atoms with Crippen molar-refractivity contribution < 1.29 is 19.6 Å². The van der Waals surface area contributed by atoms with E-state index in [0.29, 0.717) is 30.3 Å². The van der Waals surface area contributed by atoms with Gasteiger partial charge in [0.25, 0.3) is 5.69 Å². The van der Waals surface area contributed by atoms with Gasteiger partial charge in [-0.3, -0.25) is 10.1 Å². The van der Waals surface area contributed by atoms with Crippen LogP contribution >= 0.6 is 11.8 Å². The van der Waals surface area contributed by atoms with Crippen molar-refractivity contribution >= 4 is 29.1 Å². The van der Waals surface area contributed by atoms with Crippen LogP contribution in [0.5, 0.6) is 5.75 Å². The Morgan fingerprint density at radius 3 is 2.95 bits per heavy atom. The van der Waals surface area contributed by atoms with E-state index in [1.807, 2.05) is 0 Å². The van der Waals surface area contributed by atoms with Gasteiger partial charge < -0.3 is 14.7 Å². The summed E-state index contributed by atoms with van der Waals surface area (Å²) < 4.78 is 5.34. The fourth-order valence-electron chi connectivity index (χ4n) is 2.21. The van der Waals surface area contributed by atoms with E-state index in [1.165, 1.54) is 12.1 Å². The molecule has 0 radical (unpaired) electrons. The molecular weight excluding hydrogens is 296 g/mol. The Hall–Kier alpha value is -1.96. The molecule has 0 amide bonds. The SMILES string of the molecule is CCOc1cc(N2CCSCC2C(=O)O)cc([N+](=O)[O-])c1. The summed E-state index contributed by atoms with van der Waals surface area (Å²) in [6.45, 7) is 2.71. The van der Waals surface area contributed by atoms with Crippen molar-refractivity contribution in [1.29, 1.82) is 0 Å². The van der Waals surface area contributed by atoms with Crippen molar-refractivity contribution in [3.8, 4) is 5.75 Å². The number of hydrogen-bond acceptors (Lipinski definition) is 6. The highest BCUT2D eigenvalue weighted by Crippen LogP contribution is 2.32. The molecule has 1 fully saturated rings. The highest BCUT2D eigenvalue weighted by atomic mass is 32.2. The standard InChI is InChI=1S/C13H16N2O5S/c1-2-20-11-6-9(5-10(7-11)15(18)19)14-3-4-21-8-12(14)13(16)17/h5-7,12H,2-4,8H2,1H3,(H,16,17). The number of nitro benzene ring substituents is 1. The number of benzene rings is 1. The zero-order valence-electron chi connectivity index (χ0n) is 11.5. The van der Waals surface area contributed by atoms with E-state index in [9.17, 15) is 20.0 Å². The maximum absolute atomic E-state index is 11.3. The van der Waals surface area contributed by atoms with E-state index in [-0.39, 0.29) is 5.69 Å². The second kappa shape index (κ2) is 6.66. The first-order chi connectivity index (χ1) is 10.0. The number of ether oxygens (including phenoxy) is 1. The van der Waals surface area contributed by atoms with Gasteiger partial charge in [0.1, 0.15) is 11.8 Å². The summed E-state index contributed by atoms with van der Waals surface area (Å²) in [7, 11) is 0. The smallest absolute Gasteiger partial charge is 0.327 e. The van der Waals surface area contributed by atoms with Gasteiger partial charge in [0.05, 0.1) is 17.6 Å². The van der Waals surface area contributed by atoms with Crippen LogP contribution in [0.3, 0.4) is 0 Å².